The van der Waals surface area contributed by atoms with Crippen molar-refractivity contribution in [2.45, 2.75) is 13.0 Å². The highest BCUT2D eigenvalue weighted by Gasteiger charge is 2.13. The second-order valence-corrected chi connectivity index (χ2v) is 5.34. The summed E-state index contributed by atoms with van der Waals surface area (Å²) in [5.41, 5.74) is 7.58. The number of morpholine rings is 1. The minimum absolute atomic E-state index is 0.397. The molecule has 19 heavy (non-hydrogen) atoms. The molecule has 0 saturated carbocycles. The van der Waals surface area contributed by atoms with Crippen LogP contribution in [0.4, 0.5) is 5.69 Å². The van der Waals surface area contributed by atoms with E-state index in [9.17, 15) is 0 Å². The van der Waals surface area contributed by atoms with Gasteiger partial charge in [0.1, 0.15) is 4.99 Å². The number of benzene rings is 1. The van der Waals surface area contributed by atoms with Gasteiger partial charge in [0.2, 0.25) is 0 Å². The first kappa shape index (κ1) is 14.2. The molecule has 1 fully saturated rings. The van der Waals surface area contributed by atoms with E-state index in [0.29, 0.717) is 11.0 Å². The molecule has 0 radical (unpaired) electrons. The van der Waals surface area contributed by atoms with Crippen molar-refractivity contribution >= 4 is 22.9 Å². The summed E-state index contributed by atoms with van der Waals surface area (Å²) in [6.45, 7) is 6.95. The summed E-state index contributed by atoms with van der Waals surface area (Å²) < 4.78 is 5.35. The number of ether oxygens (including phenoxy) is 1. The molecule has 1 aliphatic rings. The normalized spacial score (nSPS) is 17.9. The lowest BCUT2D eigenvalue weighted by Crippen LogP contribution is -2.42. The topological polar surface area (TPSA) is 50.5 Å². The van der Waals surface area contributed by atoms with E-state index in [1.54, 1.807) is 0 Å². The van der Waals surface area contributed by atoms with Crippen LogP contribution in [0.3, 0.4) is 0 Å². The van der Waals surface area contributed by atoms with Gasteiger partial charge in [-0.05, 0) is 31.2 Å². The molecule has 1 atom stereocenters. The van der Waals surface area contributed by atoms with Gasteiger partial charge in [0.15, 0.2) is 0 Å². The maximum absolute atomic E-state index is 5.58. The van der Waals surface area contributed by atoms with Crippen LogP contribution in [-0.2, 0) is 4.74 Å². The number of rotatable bonds is 5. The summed E-state index contributed by atoms with van der Waals surface area (Å²) in [6.07, 6.45) is 0. The Bertz CT molecular complexity index is 415. The molecule has 3 N–H and O–H groups in total. The Balaban J connectivity index is 1.83. The predicted molar refractivity (Wildman–Crippen MR) is 82.7 cm³/mol. The molecule has 0 spiro atoms. The maximum atomic E-state index is 5.58. The van der Waals surface area contributed by atoms with Gasteiger partial charge in [-0.15, -0.1) is 0 Å². The molecule has 1 unspecified atom stereocenters. The summed E-state index contributed by atoms with van der Waals surface area (Å²) in [7, 11) is 0. The number of nitrogens with two attached hydrogens (primary N) is 1. The van der Waals surface area contributed by atoms with E-state index in [2.05, 4.69) is 17.1 Å². The van der Waals surface area contributed by atoms with Crippen molar-refractivity contribution in [3.05, 3.63) is 29.8 Å². The third-order valence-corrected chi connectivity index (χ3v) is 3.45. The lowest BCUT2D eigenvalue weighted by molar-refractivity contribution is 0.0368. The SMILES string of the molecule is CC(CN1CCOCC1)Nc1ccc(C(N)=S)cc1. The first-order valence-electron chi connectivity index (χ1n) is 6.61. The Labute approximate surface area is 119 Å². The van der Waals surface area contributed by atoms with Gasteiger partial charge in [0.25, 0.3) is 0 Å². The zero-order chi connectivity index (χ0) is 13.7. The third kappa shape index (κ3) is 4.45. The first-order chi connectivity index (χ1) is 9.15. The molecule has 4 nitrogen and oxygen atoms in total. The van der Waals surface area contributed by atoms with Crippen LogP contribution < -0.4 is 11.1 Å². The number of hydrogen-bond donors (Lipinski definition) is 2. The molecule has 104 valence electrons. The highest BCUT2D eigenvalue weighted by atomic mass is 32.1. The van der Waals surface area contributed by atoms with Crippen LogP contribution in [0.5, 0.6) is 0 Å². The second kappa shape index (κ2) is 6.84. The van der Waals surface area contributed by atoms with E-state index in [4.69, 9.17) is 22.7 Å². The summed E-state index contributed by atoms with van der Waals surface area (Å²) in [6, 6.07) is 8.33. The van der Waals surface area contributed by atoms with Crippen molar-refractivity contribution in [1.29, 1.82) is 0 Å². The number of nitrogens with zero attached hydrogens (tertiary/aromatic N) is 1. The molecule has 0 bridgehead atoms. The van der Waals surface area contributed by atoms with E-state index >= 15 is 0 Å². The van der Waals surface area contributed by atoms with Gasteiger partial charge in [0, 0.05) is 36.9 Å². The Kier molecular flexibility index (Phi) is 5.13. The molecular formula is C14H21N3OS. The molecule has 1 heterocycles. The van der Waals surface area contributed by atoms with E-state index in [1.165, 1.54) is 0 Å². The lowest BCUT2D eigenvalue weighted by atomic mass is 10.2. The Morgan fingerprint density at radius 2 is 2.00 bits per heavy atom. The summed E-state index contributed by atoms with van der Waals surface area (Å²) in [4.78, 5) is 2.86. The maximum Gasteiger partial charge on any atom is 0.103 e. The fourth-order valence-electron chi connectivity index (χ4n) is 2.23. The quantitative estimate of drug-likeness (QED) is 0.799. The van der Waals surface area contributed by atoms with Crippen molar-refractivity contribution < 1.29 is 4.74 Å². The Morgan fingerprint density at radius 3 is 2.58 bits per heavy atom. The van der Waals surface area contributed by atoms with Crippen LogP contribution in [0.2, 0.25) is 0 Å². The highest BCUT2D eigenvalue weighted by molar-refractivity contribution is 7.80. The molecule has 1 saturated heterocycles. The van der Waals surface area contributed by atoms with Crippen LogP contribution in [0, 0.1) is 0 Å². The fraction of sp³-hybridized carbons (Fsp3) is 0.500. The lowest BCUT2D eigenvalue weighted by Gasteiger charge is -2.29. The molecule has 0 aromatic heterocycles. The molecule has 1 aromatic carbocycles. The first-order valence-corrected chi connectivity index (χ1v) is 7.02. The largest absolute Gasteiger partial charge is 0.389 e. The summed E-state index contributed by atoms with van der Waals surface area (Å²) in [5, 5.41) is 3.49. The van der Waals surface area contributed by atoms with Crippen LogP contribution in [-0.4, -0.2) is 48.8 Å². The van der Waals surface area contributed by atoms with Gasteiger partial charge in [-0.2, -0.15) is 0 Å². The van der Waals surface area contributed by atoms with Crippen molar-refractivity contribution in [3.8, 4) is 0 Å². The van der Waals surface area contributed by atoms with Gasteiger partial charge in [-0.25, -0.2) is 0 Å². The van der Waals surface area contributed by atoms with Crippen molar-refractivity contribution in [1.82, 2.24) is 4.90 Å². The molecule has 5 heteroatoms. The van der Waals surface area contributed by atoms with Gasteiger partial charge in [-0.1, -0.05) is 12.2 Å². The molecule has 1 aliphatic heterocycles. The Hall–Kier alpha value is -1.17. The van der Waals surface area contributed by atoms with Crippen LogP contribution >= 0.6 is 12.2 Å². The van der Waals surface area contributed by atoms with Gasteiger partial charge in [-0.3, -0.25) is 4.90 Å². The molecule has 0 aliphatic carbocycles. The minimum Gasteiger partial charge on any atom is -0.389 e. The van der Waals surface area contributed by atoms with Crippen molar-refractivity contribution in [2.24, 2.45) is 5.73 Å². The predicted octanol–water partition coefficient (Wildman–Crippen LogP) is 1.45. The van der Waals surface area contributed by atoms with Gasteiger partial charge >= 0.3 is 0 Å². The van der Waals surface area contributed by atoms with E-state index in [-0.39, 0.29) is 0 Å². The standard InChI is InChI=1S/C14H21N3OS/c1-11(10-17-6-8-18-9-7-17)16-13-4-2-12(3-5-13)14(15)19/h2-5,11,16H,6-10H2,1H3,(H2,15,19). The number of anilines is 1. The van der Waals surface area contributed by atoms with Crippen LogP contribution in [0.15, 0.2) is 24.3 Å². The molecule has 0 amide bonds. The molecule has 1 aromatic rings. The summed E-state index contributed by atoms with van der Waals surface area (Å²) >= 11 is 4.94. The number of hydrogen-bond acceptors (Lipinski definition) is 4. The average molecular weight is 279 g/mol. The van der Waals surface area contributed by atoms with E-state index in [1.807, 2.05) is 24.3 Å². The zero-order valence-electron chi connectivity index (χ0n) is 11.3. The smallest absolute Gasteiger partial charge is 0.103 e. The van der Waals surface area contributed by atoms with E-state index in [0.717, 1.165) is 44.1 Å². The molecule has 2 rings (SSSR count). The van der Waals surface area contributed by atoms with Crippen molar-refractivity contribution in [3.63, 3.8) is 0 Å². The fourth-order valence-corrected chi connectivity index (χ4v) is 2.37. The summed E-state index contributed by atoms with van der Waals surface area (Å²) in [5.74, 6) is 0. The Morgan fingerprint density at radius 1 is 1.37 bits per heavy atom. The van der Waals surface area contributed by atoms with Gasteiger partial charge in [0.05, 0.1) is 13.2 Å². The monoisotopic (exact) mass is 279 g/mol. The number of nitrogens with one attached hydrogen (secondary N) is 1. The number of thiocarbonyl (C=S) groups is 1. The second-order valence-electron chi connectivity index (χ2n) is 4.90. The van der Waals surface area contributed by atoms with Crippen LogP contribution in [0.25, 0.3) is 0 Å². The average Bonchev–Trinajstić information content (AvgIpc) is 2.40. The van der Waals surface area contributed by atoms with Crippen molar-refractivity contribution in [2.75, 3.05) is 38.2 Å². The third-order valence-electron chi connectivity index (χ3n) is 3.22. The molecular weight excluding hydrogens is 258 g/mol. The van der Waals surface area contributed by atoms with Gasteiger partial charge < -0.3 is 15.8 Å². The van der Waals surface area contributed by atoms with Crippen LogP contribution in [0.1, 0.15) is 12.5 Å². The van der Waals surface area contributed by atoms with E-state index < -0.39 is 0 Å². The zero-order valence-corrected chi connectivity index (χ0v) is 12.1. The highest BCUT2D eigenvalue weighted by Crippen LogP contribution is 2.11. The minimum atomic E-state index is 0.397.